The number of carbonyl (C=O) groups excluding carboxylic acids is 5. The third-order valence-electron chi connectivity index (χ3n) is 5.25. The van der Waals surface area contributed by atoms with E-state index in [4.69, 9.17) is 40.0 Å². The highest BCUT2D eigenvalue weighted by Gasteiger charge is 2.52. The molecule has 1 fully saturated rings. The molecule has 0 radical (unpaired) electrons. The molecule has 1 heterocycles. The van der Waals surface area contributed by atoms with Crippen LogP contribution in [0.4, 0.5) is 0 Å². The molecule has 1 aliphatic heterocycles. The Kier molecular flexibility index (Phi) is 11.8. The summed E-state index contributed by atoms with van der Waals surface area (Å²) >= 11 is 5.95. The smallest absolute Gasteiger partial charge is 0.305 e. The third-order valence-corrected chi connectivity index (χ3v) is 5.49. The number of esters is 4. The molecule has 0 unspecified atom stereocenters. The fourth-order valence-electron chi connectivity index (χ4n) is 3.77. The predicted octanol–water partition coefficient (Wildman–Crippen LogP) is 2.01. The Labute approximate surface area is 225 Å². The van der Waals surface area contributed by atoms with E-state index in [1.807, 2.05) is 6.92 Å². The average Bonchev–Trinajstić information content (AvgIpc) is 2.79. The van der Waals surface area contributed by atoms with Crippen LogP contribution in [0.2, 0.25) is 5.02 Å². The summed E-state index contributed by atoms with van der Waals surface area (Å²) in [6, 6.07) is 3.93. The molecule has 210 valence electrons. The Morgan fingerprint density at radius 3 is 2.13 bits per heavy atom. The zero-order valence-corrected chi connectivity index (χ0v) is 22.6. The number of ether oxygens (including phenoxy) is 6. The van der Waals surface area contributed by atoms with Gasteiger partial charge in [-0.05, 0) is 37.1 Å². The van der Waals surface area contributed by atoms with Crippen molar-refractivity contribution < 1.29 is 52.4 Å². The first-order valence-electron chi connectivity index (χ1n) is 11.9. The summed E-state index contributed by atoms with van der Waals surface area (Å²) in [4.78, 5) is 59.7. The Morgan fingerprint density at radius 1 is 0.921 bits per heavy atom. The molecule has 1 aliphatic rings. The number of rotatable bonds is 11. The molecule has 2 rings (SSSR count). The van der Waals surface area contributed by atoms with Gasteiger partial charge in [0.1, 0.15) is 24.5 Å². The van der Waals surface area contributed by atoms with Crippen molar-refractivity contribution in [3.8, 4) is 5.75 Å². The lowest BCUT2D eigenvalue weighted by molar-refractivity contribution is -0.271. The zero-order valence-electron chi connectivity index (χ0n) is 21.8. The average molecular weight is 558 g/mol. The Balaban J connectivity index is 2.17. The lowest BCUT2D eigenvalue weighted by Gasteiger charge is -2.44. The molecule has 1 N–H and O–H groups in total. The van der Waals surface area contributed by atoms with E-state index in [1.165, 1.54) is 0 Å². The minimum absolute atomic E-state index is 0.00215. The number of aryl methyl sites for hydroxylation is 1. The van der Waals surface area contributed by atoms with Gasteiger partial charge in [0.2, 0.25) is 12.2 Å². The number of carbonyl (C=O) groups is 5. The number of hydrogen-bond acceptors (Lipinski definition) is 11. The summed E-state index contributed by atoms with van der Waals surface area (Å²) in [5.41, 5.74) is 0.842. The summed E-state index contributed by atoms with van der Waals surface area (Å²) in [6.45, 7) is 6.20. The highest BCUT2D eigenvalue weighted by atomic mass is 35.5. The first-order chi connectivity index (χ1) is 17.9. The van der Waals surface area contributed by atoms with Gasteiger partial charge < -0.3 is 33.7 Å². The van der Waals surface area contributed by atoms with Crippen molar-refractivity contribution in [3.63, 3.8) is 0 Å². The van der Waals surface area contributed by atoms with Crippen LogP contribution in [-0.2, 0) is 47.7 Å². The molecule has 0 bridgehead atoms. The van der Waals surface area contributed by atoms with E-state index >= 15 is 0 Å². The summed E-state index contributed by atoms with van der Waals surface area (Å²) in [5.74, 6) is -2.76. The number of nitrogens with one attached hydrogen (secondary N) is 1. The van der Waals surface area contributed by atoms with Crippen molar-refractivity contribution in [1.82, 2.24) is 5.32 Å². The number of halogens is 1. The van der Waals surface area contributed by atoms with Gasteiger partial charge in [-0.1, -0.05) is 11.6 Å². The molecular weight excluding hydrogens is 526 g/mol. The van der Waals surface area contributed by atoms with Crippen molar-refractivity contribution in [1.29, 1.82) is 0 Å². The highest BCUT2D eigenvalue weighted by molar-refractivity contribution is 6.30. The van der Waals surface area contributed by atoms with Gasteiger partial charge >= 0.3 is 23.9 Å². The van der Waals surface area contributed by atoms with Crippen LogP contribution in [0, 0.1) is 6.92 Å². The van der Waals surface area contributed by atoms with E-state index in [0.717, 1.165) is 33.3 Å². The maximum atomic E-state index is 12.8. The molecule has 0 aromatic heterocycles. The molecule has 0 saturated carbocycles. The predicted molar refractivity (Wildman–Crippen MR) is 131 cm³/mol. The quantitative estimate of drug-likeness (QED) is 0.241. The van der Waals surface area contributed by atoms with E-state index in [-0.39, 0.29) is 13.0 Å². The van der Waals surface area contributed by atoms with Gasteiger partial charge in [0.25, 0.3) is 0 Å². The van der Waals surface area contributed by atoms with Crippen LogP contribution in [-0.4, -0.2) is 73.6 Å². The standard InChI is InChI=1S/C25H32ClNO11/c1-13-11-18(26)8-9-19(13)33-10-6-7-21(32)27-22-24(36-16(4)30)23(35-15(3)29)20(12-34-14(2)28)38-25(22)37-17(5)31/h8-9,11,20,22-25H,6-7,10,12H2,1-5H3,(H,27,32)/t20-,22-,23+,24+,25-/m0/s1. The van der Waals surface area contributed by atoms with E-state index in [0.29, 0.717) is 17.2 Å². The van der Waals surface area contributed by atoms with E-state index in [2.05, 4.69) is 5.32 Å². The van der Waals surface area contributed by atoms with Crippen LogP contribution in [0.3, 0.4) is 0 Å². The Hall–Kier alpha value is -3.38. The van der Waals surface area contributed by atoms with Crippen LogP contribution >= 0.6 is 11.6 Å². The SMILES string of the molecule is CC(=O)OC[C@@H]1O[C@H](OC(C)=O)[C@@H](NC(=O)CCCOc2ccc(Cl)cc2C)[C@@H](OC(C)=O)[C@@H]1OC(C)=O. The second-order valence-corrected chi connectivity index (χ2v) is 8.99. The van der Waals surface area contributed by atoms with Crippen LogP contribution < -0.4 is 10.1 Å². The van der Waals surface area contributed by atoms with E-state index in [9.17, 15) is 24.0 Å². The highest BCUT2D eigenvalue weighted by Crippen LogP contribution is 2.28. The van der Waals surface area contributed by atoms with Crippen molar-refractivity contribution in [3.05, 3.63) is 28.8 Å². The molecule has 38 heavy (non-hydrogen) atoms. The topological polar surface area (TPSA) is 153 Å². The summed E-state index contributed by atoms with van der Waals surface area (Å²) < 4.78 is 32.4. The summed E-state index contributed by atoms with van der Waals surface area (Å²) in [6.07, 6.45) is -4.91. The van der Waals surface area contributed by atoms with Crippen molar-refractivity contribution in [2.24, 2.45) is 0 Å². The normalized spacial score (nSPS) is 22.5. The lowest BCUT2D eigenvalue weighted by atomic mass is 9.95. The zero-order chi connectivity index (χ0) is 28.4. The van der Waals surface area contributed by atoms with Gasteiger partial charge in [-0.15, -0.1) is 0 Å². The number of benzene rings is 1. The second kappa shape index (κ2) is 14.5. The first-order valence-corrected chi connectivity index (χ1v) is 12.2. The van der Waals surface area contributed by atoms with Gasteiger partial charge in [-0.2, -0.15) is 0 Å². The van der Waals surface area contributed by atoms with E-state index in [1.54, 1.807) is 18.2 Å². The fraction of sp³-hybridized carbons (Fsp3) is 0.560. The summed E-state index contributed by atoms with van der Waals surface area (Å²) in [5, 5.41) is 3.22. The van der Waals surface area contributed by atoms with Crippen LogP contribution in [0.5, 0.6) is 5.75 Å². The van der Waals surface area contributed by atoms with Crippen LogP contribution in [0.15, 0.2) is 18.2 Å². The van der Waals surface area contributed by atoms with Crippen LogP contribution in [0.25, 0.3) is 0 Å². The molecule has 1 aromatic carbocycles. The molecule has 0 spiro atoms. The van der Waals surface area contributed by atoms with Gasteiger partial charge in [0, 0.05) is 39.1 Å². The van der Waals surface area contributed by atoms with Gasteiger partial charge in [0.05, 0.1) is 6.61 Å². The molecule has 12 nitrogen and oxygen atoms in total. The third kappa shape index (κ3) is 9.82. The number of hydrogen-bond donors (Lipinski definition) is 1. The fourth-order valence-corrected chi connectivity index (χ4v) is 3.99. The van der Waals surface area contributed by atoms with Gasteiger partial charge in [0.15, 0.2) is 12.2 Å². The van der Waals surface area contributed by atoms with Crippen molar-refractivity contribution in [2.75, 3.05) is 13.2 Å². The minimum atomic E-state index is -1.44. The Bertz CT molecular complexity index is 1030. The molecule has 13 heteroatoms. The lowest BCUT2D eigenvalue weighted by Crippen LogP contribution is -2.67. The molecule has 1 amide bonds. The molecule has 1 saturated heterocycles. The van der Waals surface area contributed by atoms with E-state index < -0.39 is 67.0 Å². The summed E-state index contributed by atoms with van der Waals surface area (Å²) in [7, 11) is 0. The molecule has 5 atom stereocenters. The van der Waals surface area contributed by atoms with Crippen molar-refractivity contribution >= 4 is 41.4 Å². The minimum Gasteiger partial charge on any atom is -0.493 e. The van der Waals surface area contributed by atoms with Gasteiger partial charge in [-0.25, -0.2) is 0 Å². The molecular formula is C25H32ClNO11. The first kappa shape index (κ1) is 30.8. The molecule has 0 aliphatic carbocycles. The van der Waals surface area contributed by atoms with Crippen LogP contribution in [0.1, 0.15) is 46.1 Å². The largest absolute Gasteiger partial charge is 0.493 e. The second-order valence-electron chi connectivity index (χ2n) is 8.56. The maximum Gasteiger partial charge on any atom is 0.305 e. The number of amides is 1. The monoisotopic (exact) mass is 557 g/mol. The molecule has 1 aromatic rings. The van der Waals surface area contributed by atoms with Gasteiger partial charge in [-0.3, -0.25) is 24.0 Å². The maximum absolute atomic E-state index is 12.8. The van der Waals surface area contributed by atoms with Crippen molar-refractivity contribution in [2.45, 2.75) is 78.1 Å². The Morgan fingerprint density at radius 2 is 1.55 bits per heavy atom.